The van der Waals surface area contributed by atoms with E-state index in [0.29, 0.717) is 0 Å². The minimum absolute atomic E-state index is 0.643. The number of fused-ring (bicyclic) bond motifs is 6. The molecular weight excluding hydrogens is 542 g/mol. The number of nitrogens with zero attached hydrogens (tertiary/aromatic N) is 5. The van der Waals surface area contributed by atoms with Crippen LogP contribution in [-0.2, 0) is 5.66 Å². The third-order valence-electron chi connectivity index (χ3n) is 10.6. The minimum Gasteiger partial charge on any atom is -0.456 e. The maximum atomic E-state index is 6.86. The molecule has 5 aromatic heterocycles. The van der Waals surface area contributed by atoms with Crippen LogP contribution in [0, 0.1) is 13.8 Å². The summed E-state index contributed by atoms with van der Waals surface area (Å²) in [4.78, 5) is 5.01. The number of benzene rings is 4. The van der Waals surface area contributed by atoms with Gasteiger partial charge in [0.1, 0.15) is 52.2 Å². The van der Waals surface area contributed by atoms with E-state index in [1.54, 1.807) is 0 Å². The highest BCUT2D eigenvalue weighted by molar-refractivity contribution is 6.17. The van der Waals surface area contributed by atoms with Gasteiger partial charge >= 0.3 is 5.66 Å². The summed E-state index contributed by atoms with van der Waals surface area (Å²) in [6.07, 6.45) is 8.82. The van der Waals surface area contributed by atoms with Gasteiger partial charge in [-0.15, -0.1) is 0 Å². The van der Waals surface area contributed by atoms with E-state index in [4.69, 9.17) is 9.72 Å². The van der Waals surface area contributed by atoms with Gasteiger partial charge in [-0.1, -0.05) is 36.4 Å². The number of rotatable bonds is 1. The van der Waals surface area contributed by atoms with Crippen LogP contribution in [0.2, 0.25) is 0 Å². The van der Waals surface area contributed by atoms with Crippen LogP contribution in [0.4, 0.5) is 0 Å². The Kier molecular flexibility index (Phi) is 3.35. The molecule has 0 N–H and O–H groups in total. The van der Waals surface area contributed by atoms with Gasteiger partial charge in [0.25, 0.3) is 11.3 Å². The molecule has 0 aliphatic carbocycles. The van der Waals surface area contributed by atoms with Gasteiger partial charge < -0.3 is 4.74 Å². The number of hydrogen-bond donors (Lipinski definition) is 0. The van der Waals surface area contributed by atoms with Gasteiger partial charge in [0, 0.05) is 27.9 Å². The van der Waals surface area contributed by atoms with Crippen molar-refractivity contribution in [3.05, 3.63) is 126 Å². The number of para-hydroxylation sites is 1. The highest BCUT2D eigenvalue weighted by Crippen LogP contribution is 2.57. The number of ether oxygens (including phenoxy) is 1. The highest BCUT2D eigenvalue weighted by Gasteiger charge is 2.65. The third-order valence-corrected chi connectivity index (χ3v) is 10.6. The topological polar surface area (TPSA) is 38.7 Å². The van der Waals surface area contributed by atoms with Crippen molar-refractivity contribution in [1.82, 2.24) is 13.8 Å². The Bertz CT molecular complexity index is 2870. The average molecular weight is 566 g/mol. The molecule has 204 valence electrons. The monoisotopic (exact) mass is 565 g/mol. The molecule has 1 unspecified atom stereocenters. The summed E-state index contributed by atoms with van der Waals surface area (Å²) in [7, 11) is 0. The van der Waals surface area contributed by atoms with E-state index >= 15 is 0 Å². The molecule has 6 heteroatoms. The molecule has 9 aromatic rings. The summed E-state index contributed by atoms with van der Waals surface area (Å²) in [5.41, 5.74) is 12.4. The molecule has 12 rings (SSSR count). The minimum atomic E-state index is -0.643. The summed E-state index contributed by atoms with van der Waals surface area (Å²) in [5.74, 6) is 1.82. The molecule has 0 saturated carbocycles. The van der Waals surface area contributed by atoms with E-state index in [0.717, 1.165) is 27.9 Å². The van der Waals surface area contributed by atoms with Gasteiger partial charge in [-0.3, -0.25) is 4.98 Å². The van der Waals surface area contributed by atoms with Crippen molar-refractivity contribution in [2.45, 2.75) is 19.5 Å². The molecule has 44 heavy (non-hydrogen) atoms. The van der Waals surface area contributed by atoms with Crippen molar-refractivity contribution in [1.29, 1.82) is 0 Å². The van der Waals surface area contributed by atoms with Crippen molar-refractivity contribution in [2.75, 3.05) is 0 Å². The fourth-order valence-electron chi connectivity index (χ4n) is 9.12. The quantitative estimate of drug-likeness (QED) is 0.158. The third kappa shape index (κ3) is 2.02. The zero-order valence-corrected chi connectivity index (χ0v) is 24.0. The maximum Gasteiger partial charge on any atom is 0.315 e. The van der Waals surface area contributed by atoms with Gasteiger partial charge in [0.15, 0.2) is 11.2 Å². The number of aromatic nitrogens is 5. The summed E-state index contributed by atoms with van der Waals surface area (Å²) in [6.45, 7) is 4.44. The molecule has 3 aliphatic rings. The van der Waals surface area contributed by atoms with Crippen molar-refractivity contribution >= 4 is 54.8 Å². The van der Waals surface area contributed by atoms with Crippen LogP contribution in [0.3, 0.4) is 0 Å². The molecule has 6 nitrogen and oxygen atoms in total. The van der Waals surface area contributed by atoms with E-state index in [-0.39, 0.29) is 0 Å². The SMILES string of the molecule is Cc1cccc(C)c1-c1c[n+]2c3c4c5c(ccc4c4ncccc4n13)Oc1ccc3c4ccccc4n4cc[n+]6c4c3c1C562. The zero-order valence-electron chi connectivity index (χ0n) is 24.0. The molecule has 1 spiro atoms. The molecule has 8 heterocycles. The van der Waals surface area contributed by atoms with Crippen LogP contribution in [-0.4, -0.2) is 13.8 Å². The normalized spacial score (nSPS) is 17.1. The molecular formula is C38H23N5O+2. The first kappa shape index (κ1) is 21.9. The first-order chi connectivity index (χ1) is 21.7. The van der Waals surface area contributed by atoms with Crippen molar-refractivity contribution in [2.24, 2.45) is 0 Å². The van der Waals surface area contributed by atoms with Crippen molar-refractivity contribution in [3.8, 4) is 22.8 Å². The van der Waals surface area contributed by atoms with E-state index < -0.39 is 5.66 Å². The Hall–Kier alpha value is -5.75. The summed E-state index contributed by atoms with van der Waals surface area (Å²) in [6, 6.07) is 28.4. The number of aryl methyl sites for hydroxylation is 2. The Morgan fingerprint density at radius 3 is 2.30 bits per heavy atom. The first-order valence-electron chi connectivity index (χ1n) is 15.1. The largest absolute Gasteiger partial charge is 0.456 e. The van der Waals surface area contributed by atoms with Crippen LogP contribution in [0.15, 0.2) is 104 Å². The molecule has 4 aromatic carbocycles. The maximum absolute atomic E-state index is 6.86. The van der Waals surface area contributed by atoms with E-state index in [9.17, 15) is 0 Å². The number of hydrogen-bond acceptors (Lipinski definition) is 2. The van der Waals surface area contributed by atoms with Gasteiger partial charge in [-0.25, -0.2) is 0 Å². The zero-order chi connectivity index (χ0) is 28.6. The standard InChI is InChI=1S/C38H23N5O/c1-20-7-5-8-21(2)30(20)27-19-42-37-32-24(35-26(43(27)37)11-6-16-39-35)13-15-29-34(32)38(42)33-28(44-29)14-12-23-22-9-3-4-10-25(22)40-17-18-41(38)36(40)31(23)33/h3-19H,1-2H3/q+2. The number of imidazole rings is 2. The van der Waals surface area contributed by atoms with Crippen LogP contribution in [0.25, 0.3) is 66.0 Å². The smallest absolute Gasteiger partial charge is 0.315 e. The predicted molar refractivity (Wildman–Crippen MR) is 170 cm³/mol. The van der Waals surface area contributed by atoms with Crippen LogP contribution < -0.4 is 13.9 Å². The predicted octanol–water partition coefficient (Wildman–Crippen LogP) is 7.09. The Morgan fingerprint density at radius 2 is 1.45 bits per heavy atom. The van der Waals surface area contributed by atoms with Crippen molar-refractivity contribution < 1.29 is 13.9 Å². The summed E-state index contributed by atoms with van der Waals surface area (Å²) >= 11 is 0. The molecule has 1 atom stereocenters. The second kappa shape index (κ2) is 6.74. The lowest BCUT2D eigenvalue weighted by molar-refractivity contribution is -0.944. The number of pyridine rings is 3. The van der Waals surface area contributed by atoms with Gasteiger partial charge in [-0.05, 0) is 67.4 Å². The fraction of sp³-hybridized carbons (Fsp3) is 0.0789. The van der Waals surface area contributed by atoms with E-state index in [1.807, 2.05) is 6.20 Å². The lowest BCUT2D eigenvalue weighted by Crippen LogP contribution is -2.71. The van der Waals surface area contributed by atoms with Gasteiger partial charge in [0.05, 0.1) is 10.8 Å². The van der Waals surface area contributed by atoms with Crippen molar-refractivity contribution in [3.63, 3.8) is 0 Å². The lowest BCUT2D eigenvalue weighted by Gasteiger charge is -2.30. The van der Waals surface area contributed by atoms with Gasteiger partial charge in [0.2, 0.25) is 0 Å². The molecule has 0 bridgehead atoms. The lowest BCUT2D eigenvalue weighted by atomic mass is 9.85. The van der Waals surface area contributed by atoms with E-state index in [2.05, 4.69) is 129 Å². The second-order valence-corrected chi connectivity index (χ2v) is 12.6. The molecule has 3 aliphatic heterocycles. The molecule has 0 radical (unpaired) electrons. The Labute approximate surface area is 250 Å². The fourth-order valence-corrected chi connectivity index (χ4v) is 9.12. The molecule has 0 fully saturated rings. The molecule has 0 amide bonds. The second-order valence-electron chi connectivity index (χ2n) is 12.6. The first-order valence-corrected chi connectivity index (χ1v) is 15.1. The highest BCUT2D eigenvalue weighted by atomic mass is 16.5. The van der Waals surface area contributed by atoms with Crippen LogP contribution >= 0.6 is 0 Å². The summed E-state index contributed by atoms with van der Waals surface area (Å²) < 4.78 is 16.7. The van der Waals surface area contributed by atoms with Gasteiger partial charge in [-0.2, -0.15) is 17.9 Å². The summed E-state index contributed by atoms with van der Waals surface area (Å²) in [5, 5.41) is 6.11. The van der Waals surface area contributed by atoms with E-state index in [1.165, 1.54) is 71.9 Å². The molecule has 0 saturated heterocycles. The Balaban J connectivity index is 1.40. The van der Waals surface area contributed by atoms with Crippen LogP contribution in [0.5, 0.6) is 11.5 Å². The van der Waals surface area contributed by atoms with Crippen LogP contribution in [0.1, 0.15) is 22.3 Å². The Morgan fingerprint density at radius 1 is 0.705 bits per heavy atom. The average Bonchev–Trinajstić information content (AvgIpc) is 3.80.